The summed E-state index contributed by atoms with van der Waals surface area (Å²) in [6.45, 7) is 20.3. The molecule has 468 valence electrons. The third-order valence-electron chi connectivity index (χ3n) is 14.3. The molecule has 86 heavy (non-hydrogen) atoms. The number of hydrogen-bond acceptors (Lipinski definition) is 19. The molecule has 0 saturated carbocycles. The van der Waals surface area contributed by atoms with E-state index >= 15 is 0 Å². The Labute approximate surface area is 502 Å². The topological polar surface area (TPSA) is 273 Å². The zero-order chi connectivity index (χ0) is 62.5. The maximum absolute atomic E-state index is 13.9. The maximum atomic E-state index is 13.9. The van der Waals surface area contributed by atoms with E-state index < -0.39 is 104 Å². The van der Waals surface area contributed by atoms with Crippen molar-refractivity contribution in [2.24, 2.45) is 5.92 Å². The number of H-pyrrole nitrogens is 1. The number of carbonyl (C=O) groups is 5. The lowest BCUT2D eigenvalue weighted by Gasteiger charge is -2.44. The maximum Gasteiger partial charge on any atom is 0.330 e. The van der Waals surface area contributed by atoms with Gasteiger partial charge in [-0.3, -0.25) is 38.3 Å². The van der Waals surface area contributed by atoms with Gasteiger partial charge in [-0.15, -0.1) is 0 Å². The van der Waals surface area contributed by atoms with Crippen molar-refractivity contribution in [1.29, 1.82) is 0 Å². The van der Waals surface area contributed by atoms with E-state index in [1.165, 1.54) is 30.7 Å². The summed E-state index contributed by atoms with van der Waals surface area (Å²) in [6.07, 6.45) is -4.90. The molecule has 3 N–H and O–H groups in total. The van der Waals surface area contributed by atoms with Gasteiger partial charge in [0.05, 0.1) is 20.8 Å². The number of esters is 3. The molecule has 10 atom stereocenters. The van der Waals surface area contributed by atoms with Crippen LogP contribution in [0.25, 0.3) is 4.85 Å². The molecule has 2 fully saturated rings. The minimum Gasteiger partial charge on any atom is -0.497 e. The molecule has 2 aliphatic heterocycles. The fourth-order valence-corrected chi connectivity index (χ4v) is 12.4. The van der Waals surface area contributed by atoms with Gasteiger partial charge in [-0.1, -0.05) is 54.6 Å². The second-order valence-corrected chi connectivity index (χ2v) is 22.6. The standard InChI is InChI=1S/C61H81N6O18P/c1-38(2)67(39(3)4)86(80-35-32-62-9)85-55-49(20-17-31-63-52(72)21-15-16-34-77-59-54(64-40(5)68)57(82-43(8)71)56(81-42(7)70)50(84-59)36-78-41(6)69)58(66-33-30-53(73)65-60(66)74)83-51(55)37-79-61(44-18-13-12-14-19-44,45-22-26-47(75-10)27-23-45)46-24-28-48(76-11)29-25-46/h12-14,18-19,22-30,33,38-39,49-51,54-59H,15-17,20-21,31-32,34-37H2,1-8,10-11H3,(H,63,72)(H,64,68)(H,65,73,74)/t49-,50+,51+,54+,55?,56-,57+,58+,59+,86?/m0/s1. The number of methoxy groups -OCH3 is 2. The van der Waals surface area contributed by atoms with E-state index in [9.17, 15) is 33.6 Å². The molecule has 0 radical (unpaired) electrons. The van der Waals surface area contributed by atoms with Gasteiger partial charge in [-0.05, 0) is 94.3 Å². The number of unbranched alkanes of at least 4 members (excludes halogenated alkanes) is 1. The number of ether oxygens (including phenoxy) is 9. The Bertz CT molecular complexity index is 2940. The predicted octanol–water partition coefficient (Wildman–Crippen LogP) is 6.48. The number of rotatable bonds is 32. The molecule has 2 unspecified atom stereocenters. The highest BCUT2D eigenvalue weighted by atomic mass is 31.2. The van der Waals surface area contributed by atoms with Crippen molar-refractivity contribution in [2.75, 3.05) is 53.7 Å². The van der Waals surface area contributed by atoms with Crippen LogP contribution in [0.4, 0.5) is 0 Å². The number of aromatic nitrogens is 2. The number of benzene rings is 3. The Morgan fingerprint density at radius 2 is 1.35 bits per heavy atom. The van der Waals surface area contributed by atoms with Crippen molar-refractivity contribution < 1.29 is 75.7 Å². The average molecular weight is 1220 g/mol. The zero-order valence-corrected chi connectivity index (χ0v) is 51.3. The van der Waals surface area contributed by atoms with E-state index in [-0.39, 0.29) is 63.9 Å². The molecular weight excluding hydrogens is 1140 g/mol. The van der Waals surface area contributed by atoms with Gasteiger partial charge in [0.15, 0.2) is 18.5 Å². The fraction of sp³-hybridized carbons (Fsp3) is 0.541. The highest BCUT2D eigenvalue weighted by Gasteiger charge is 2.53. The van der Waals surface area contributed by atoms with Crippen LogP contribution in [0.2, 0.25) is 0 Å². The molecule has 25 heteroatoms. The SMILES string of the molecule is [C-]#[N+]CCOP(OC1[C@@H](COC(c2ccccc2)(c2ccc(OC)cc2)c2ccc(OC)cc2)O[C@@H](n2ccc(=O)[nH]c2=O)[C@H]1CCCNC(=O)CCCCO[C@@H]1O[C@H](COC(C)=O)[C@H](OC(C)=O)[C@H](OC(C)=O)[C@H]1NC(C)=O)N(C(C)C)C(C)C. The Morgan fingerprint density at radius 3 is 1.91 bits per heavy atom. The van der Waals surface area contributed by atoms with Gasteiger partial charge in [-0.25, -0.2) is 16.0 Å². The average Bonchev–Trinajstić information content (AvgIpc) is 1.11. The van der Waals surface area contributed by atoms with Gasteiger partial charge < -0.3 is 67.2 Å². The summed E-state index contributed by atoms with van der Waals surface area (Å²) in [6, 6.07) is 24.9. The van der Waals surface area contributed by atoms with Gasteiger partial charge >= 0.3 is 23.6 Å². The van der Waals surface area contributed by atoms with Gasteiger partial charge in [0, 0.05) is 77.5 Å². The Hall–Kier alpha value is -7.07. The number of nitrogens with zero attached hydrogens (tertiary/aromatic N) is 3. The minimum absolute atomic E-state index is 0.0145. The van der Waals surface area contributed by atoms with Crippen LogP contribution in [0, 0.1) is 12.5 Å². The van der Waals surface area contributed by atoms with Gasteiger partial charge in [-0.2, -0.15) is 0 Å². The van der Waals surface area contributed by atoms with E-state index in [4.69, 9.17) is 58.3 Å². The summed E-state index contributed by atoms with van der Waals surface area (Å²) >= 11 is 0. The Balaban J connectivity index is 1.26. The largest absolute Gasteiger partial charge is 0.497 e. The first-order chi connectivity index (χ1) is 41.2. The van der Waals surface area contributed by atoms with Crippen LogP contribution in [0.3, 0.4) is 0 Å². The van der Waals surface area contributed by atoms with Crippen molar-refractivity contribution in [3.8, 4) is 11.5 Å². The van der Waals surface area contributed by atoms with Crippen LogP contribution >= 0.6 is 8.53 Å². The molecule has 2 aliphatic rings. The molecule has 24 nitrogen and oxygen atoms in total. The summed E-state index contributed by atoms with van der Waals surface area (Å²) in [5.41, 5.74) is -0.277. The molecule has 0 bridgehead atoms. The second-order valence-electron chi connectivity index (χ2n) is 21.2. The van der Waals surface area contributed by atoms with E-state index in [1.807, 2.05) is 107 Å². The van der Waals surface area contributed by atoms with Crippen LogP contribution in [-0.4, -0.2) is 153 Å². The summed E-state index contributed by atoms with van der Waals surface area (Å²) in [7, 11) is 1.28. The number of nitrogens with one attached hydrogen (secondary N) is 3. The van der Waals surface area contributed by atoms with Crippen LogP contribution in [0.5, 0.6) is 11.5 Å². The Morgan fingerprint density at radius 1 is 0.744 bits per heavy atom. The summed E-state index contributed by atoms with van der Waals surface area (Å²) < 4.78 is 71.2. The first kappa shape index (κ1) is 68.0. The molecule has 4 aromatic rings. The molecule has 1 aromatic heterocycles. The zero-order valence-electron chi connectivity index (χ0n) is 50.4. The van der Waals surface area contributed by atoms with Crippen molar-refractivity contribution >= 4 is 38.2 Å². The van der Waals surface area contributed by atoms with Crippen LogP contribution in [0.15, 0.2) is 101 Å². The second kappa shape index (κ2) is 33.2. The normalized spacial score (nSPS) is 21.5. The highest BCUT2D eigenvalue weighted by Crippen LogP contribution is 2.53. The molecule has 3 aromatic carbocycles. The van der Waals surface area contributed by atoms with Crippen LogP contribution < -0.4 is 31.4 Å². The molecular formula is C61H81N6O18P. The monoisotopic (exact) mass is 1220 g/mol. The lowest BCUT2D eigenvalue weighted by atomic mass is 9.80. The van der Waals surface area contributed by atoms with E-state index in [1.54, 1.807) is 14.2 Å². The smallest absolute Gasteiger partial charge is 0.330 e. The minimum atomic E-state index is -1.91. The lowest BCUT2D eigenvalue weighted by molar-refractivity contribution is -0.277. The third-order valence-corrected chi connectivity index (χ3v) is 16.4. The summed E-state index contributed by atoms with van der Waals surface area (Å²) in [5.74, 6) is -2.27. The predicted molar refractivity (Wildman–Crippen MR) is 314 cm³/mol. The van der Waals surface area contributed by atoms with E-state index in [0.717, 1.165) is 30.5 Å². The number of amides is 2. The van der Waals surface area contributed by atoms with Gasteiger partial charge in [0.2, 0.25) is 18.4 Å². The highest BCUT2D eigenvalue weighted by molar-refractivity contribution is 7.44. The Kier molecular flexibility index (Phi) is 26.2. The molecule has 2 saturated heterocycles. The number of carbonyl (C=O) groups excluding carboxylic acids is 5. The van der Waals surface area contributed by atoms with Crippen LogP contribution in [0.1, 0.15) is 110 Å². The van der Waals surface area contributed by atoms with Gasteiger partial charge in [0.25, 0.3) is 14.1 Å². The van der Waals surface area contributed by atoms with Crippen molar-refractivity contribution in [3.05, 3.63) is 140 Å². The fourth-order valence-electron chi connectivity index (χ4n) is 10.6. The van der Waals surface area contributed by atoms with Crippen molar-refractivity contribution in [3.63, 3.8) is 0 Å². The first-order valence-corrected chi connectivity index (χ1v) is 29.8. The lowest BCUT2D eigenvalue weighted by Crippen LogP contribution is -2.66. The van der Waals surface area contributed by atoms with Crippen LogP contribution in [-0.2, 0) is 71.8 Å². The summed E-state index contributed by atoms with van der Waals surface area (Å²) in [5, 5.41) is 5.68. The number of aromatic amines is 1. The molecule has 3 heterocycles. The first-order valence-electron chi connectivity index (χ1n) is 28.7. The quantitative estimate of drug-likeness (QED) is 0.0118. The van der Waals surface area contributed by atoms with E-state index in [2.05, 4.69) is 25.1 Å². The molecule has 6 rings (SSSR count). The van der Waals surface area contributed by atoms with E-state index in [0.29, 0.717) is 37.2 Å². The van der Waals surface area contributed by atoms with Crippen molar-refractivity contribution in [1.82, 2.24) is 24.9 Å². The summed E-state index contributed by atoms with van der Waals surface area (Å²) in [4.78, 5) is 94.6. The molecule has 2 amide bonds. The number of hydrogen-bond donors (Lipinski definition) is 3. The third kappa shape index (κ3) is 18.5. The van der Waals surface area contributed by atoms with Gasteiger partial charge in [0.1, 0.15) is 60.9 Å². The molecule has 0 aliphatic carbocycles. The molecule has 0 spiro atoms. The van der Waals surface area contributed by atoms with Crippen molar-refractivity contribution in [2.45, 2.75) is 154 Å².